The number of hydrogen-bond donors (Lipinski definition) is 3. The number of anilines is 1. The second kappa shape index (κ2) is 11.5. The highest BCUT2D eigenvalue weighted by Gasteiger charge is 2.06. The van der Waals surface area contributed by atoms with E-state index in [1.807, 2.05) is 38.2 Å². The Bertz CT molecular complexity index is 765. The van der Waals surface area contributed by atoms with E-state index in [0.717, 1.165) is 20.7 Å². The number of benzene rings is 1. The van der Waals surface area contributed by atoms with Crippen molar-refractivity contribution >= 4 is 68.8 Å². The Kier molecular flexibility index (Phi) is 10.1. The van der Waals surface area contributed by atoms with Crippen LogP contribution in [0.25, 0.3) is 0 Å². The highest BCUT2D eigenvalue weighted by atomic mass is 127. The summed E-state index contributed by atoms with van der Waals surface area (Å²) in [6.45, 7) is 5.10. The van der Waals surface area contributed by atoms with Crippen LogP contribution in [0.15, 0.2) is 33.9 Å². The number of aliphatic imine (C=N–C) groups is 1. The Morgan fingerprint density at radius 3 is 2.69 bits per heavy atom. The van der Waals surface area contributed by atoms with Crippen LogP contribution >= 0.6 is 51.2 Å². The molecule has 0 aliphatic rings. The fraction of sp³-hybridized carbons (Fsp3) is 0.353. The summed E-state index contributed by atoms with van der Waals surface area (Å²) in [5.41, 5.74) is 1.85. The lowest BCUT2D eigenvalue weighted by Gasteiger charge is -2.12. The van der Waals surface area contributed by atoms with Gasteiger partial charge in [0.1, 0.15) is 5.01 Å². The van der Waals surface area contributed by atoms with Gasteiger partial charge >= 0.3 is 0 Å². The van der Waals surface area contributed by atoms with Crippen LogP contribution in [0.3, 0.4) is 0 Å². The molecule has 1 aromatic carbocycles. The average Bonchev–Trinajstić information content (AvgIpc) is 2.99. The predicted octanol–water partition coefficient (Wildman–Crippen LogP) is 3.83. The van der Waals surface area contributed by atoms with Crippen molar-refractivity contribution in [2.45, 2.75) is 26.8 Å². The van der Waals surface area contributed by atoms with Crippen molar-refractivity contribution in [2.75, 3.05) is 18.9 Å². The first-order valence-electron chi connectivity index (χ1n) is 7.89. The number of halogens is 2. The zero-order chi connectivity index (χ0) is 18.2. The van der Waals surface area contributed by atoms with E-state index in [4.69, 9.17) is 0 Å². The average molecular weight is 552 g/mol. The van der Waals surface area contributed by atoms with Gasteiger partial charge in [-0.2, -0.15) is 0 Å². The SMILES string of the molecule is CN=C(NCCC(=O)Nc1ccc(Br)cc1C)NCc1ncc(C)s1.I. The van der Waals surface area contributed by atoms with Crippen LogP contribution in [0.5, 0.6) is 0 Å². The van der Waals surface area contributed by atoms with Gasteiger partial charge in [-0.25, -0.2) is 4.98 Å². The molecular formula is C17H23BrIN5OS. The van der Waals surface area contributed by atoms with Crippen molar-refractivity contribution in [1.82, 2.24) is 15.6 Å². The zero-order valence-electron chi connectivity index (χ0n) is 14.9. The number of nitrogens with one attached hydrogen (secondary N) is 3. The number of amides is 1. The monoisotopic (exact) mass is 551 g/mol. The van der Waals surface area contributed by atoms with E-state index in [9.17, 15) is 4.79 Å². The predicted molar refractivity (Wildman–Crippen MR) is 123 cm³/mol. The number of rotatable bonds is 6. The molecule has 9 heteroatoms. The molecule has 1 aromatic heterocycles. The standard InChI is InChI=1S/C17H22BrN5OS.HI/c1-11-8-13(18)4-5-14(11)23-15(24)6-7-20-17(19-3)22-10-16-21-9-12(2)25-16;/h4-5,8-9H,6-7,10H2,1-3H3,(H,23,24)(H2,19,20,22);1H. The van der Waals surface area contributed by atoms with E-state index in [1.165, 1.54) is 4.88 Å². The van der Waals surface area contributed by atoms with Gasteiger partial charge in [0, 0.05) is 41.2 Å². The van der Waals surface area contributed by atoms with Crippen LogP contribution in [0, 0.1) is 13.8 Å². The van der Waals surface area contributed by atoms with Crippen LogP contribution < -0.4 is 16.0 Å². The first-order valence-corrected chi connectivity index (χ1v) is 9.50. The molecule has 0 radical (unpaired) electrons. The fourth-order valence-electron chi connectivity index (χ4n) is 2.14. The highest BCUT2D eigenvalue weighted by molar-refractivity contribution is 14.0. The quantitative estimate of drug-likeness (QED) is 0.289. The van der Waals surface area contributed by atoms with Crippen LogP contribution in [0.4, 0.5) is 5.69 Å². The van der Waals surface area contributed by atoms with Crippen molar-refractivity contribution in [3.05, 3.63) is 44.3 Å². The molecule has 0 atom stereocenters. The molecule has 0 aliphatic carbocycles. The van der Waals surface area contributed by atoms with Crippen LogP contribution in [-0.2, 0) is 11.3 Å². The maximum atomic E-state index is 12.1. The topological polar surface area (TPSA) is 78.4 Å². The van der Waals surface area contributed by atoms with E-state index in [0.29, 0.717) is 25.5 Å². The molecule has 0 spiro atoms. The lowest BCUT2D eigenvalue weighted by Crippen LogP contribution is -2.38. The molecule has 6 nitrogen and oxygen atoms in total. The Balaban J connectivity index is 0.00000338. The van der Waals surface area contributed by atoms with Crippen molar-refractivity contribution in [1.29, 1.82) is 0 Å². The molecule has 2 rings (SSSR count). The van der Waals surface area contributed by atoms with Crippen LogP contribution in [-0.4, -0.2) is 30.4 Å². The minimum absolute atomic E-state index is 0. The highest BCUT2D eigenvalue weighted by Crippen LogP contribution is 2.20. The lowest BCUT2D eigenvalue weighted by molar-refractivity contribution is -0.116. The minimum Gasteiger partial charge on any atom is -0.356 e. The normalized spacial score (nSPS) is 10.8. The maximum Gasteiger partial charge on any atom is 0.226 e. The first-order chi connectivity index (χ1) is 12.0. The van der Waals surface area contributed by atoms with E-state index < -0.39 is 0 Å². The van der Waals surface area contributed by atoms with E-state index in [1.54, 1.807) is 18.4 Å². The number of aryl methyl sites for hydroxylation is 2. The smallest absolute Gasteiger partial charge is 0.226 e. The summed E-state index contributed by atoms with van der Waals surface area (Å²) in [6, 6.07) is 5.77. The largest absolute Gasteiger partial charge is 0.356 e. The number of carbonyl (C=O) groups is 1. The first kappa shape index (κ1) is 22.8. The minimum atomic E-state index is -0.0380. The Hall–Kier alpha value is -1.20. The maximum absolute atomic E-state index is 12.1. The molecular weight excluding hydrogens is 529 g/mol. The van der Waals surface area contributed by atoms with Gasteiger partial charge in [0.25, 0.3) is 0 Å². The molecule has 1 amide bonds. The molecule has 0 fully saturated rings. The van der Waals surface area contributed by atoms with E-state index >= 15 is 0 Å². The van der Waals surface area contributed by atoms with Gasteiger partial charge in [-0.15, -0.1) is 35.3 Å². The molecule has 0 unspecified atom stereocenters. The van der Waals surface area contributed by atoms with Gasteiger partial charge in [0.2, 0.25) is 5.91 Å². The number of nitrogens with zero attached hydrogens (tertiary/aromatic N) is 2. The van der Waals surface area contributed by atoms with Gasteiger partial charge in [-0.05, 0) is 37.6 Å². The molecule has 0 saturated carbocycles. The van der Waals surface area contributed by atoms with Crippen LogP contribution in [0.1, 0.15) is 21.9 Å². The molecule has 1 heterocycles. The summed E-state index contributed by atoms with van der Waals surface area (Å²) in [5.74, 6) is 0.615. The van der Waals surface area contributed by atoms with Crippen molar-refractivity contribution in [2.24, 2.45) is 4.99 Å². The summed E-state index contributed by atoms with van der Waals surface area (Å²) in [5, 5.41) is 10.2. The number of thiazole rings is 1. The molecule has 0 saturated heterocycles. The number of hydrogen-bond acceptors (Lipinski definition) is 4. The van der Waals surface area contributed by atoms with Gasteiger partial charge in [-0.3, -0.25) is 9.79 Å². The van der Waals surface area contributed by atoms with Crippen molar-refractivity contribution in [3.8, 4) is 0 Å². The molecule has 0 bridgehead atoms. The summed E-state index contributed by atoms with van der Waals surface area (Å²) in [7, 11) is 1.70. The number of aromatic nitrogens is 1. The number of carbonyl (C=O) groups excluding carboxylic acids is 1. The summed E-state index contributed by atoms with van der Waals surface area (Å²) >= 11 is 5.06. The lowest BCUT2D eigenvalue weighted by atomic mass is 10.2. The summed E-state index contributed by atoms with van der Waals surface area (Å²) < 4.78 is 0.995. The van der Waals surface area contributed by atoms with Crippen molar-refractivity contribution < 1.29 is 4.79 Å². The number of guanidine groups is 1. The van der Waals surface area contributed by atoms with Gasteiger partial charge < -0.3 is 16.0 Å². The van der Waals surface area contributed by atoms with Gasteiger partial charge in [-0.1, -0.05) is 15.9 Å². The third kappa shape index (κ3) is 7.58. The molecule has 142 valence electrons. The Labute approximate surface area is 183 Å². The zero-order valence-corrected chi connectivity index (χ0v) is 19.7. The summed E-state index contributed by atoms with van der Waals surface area (Å²) in [6.07, 6.45) is 2.21. The van der Waals surface area contributed by atoms with Gasteiger partial charge in [0.05, 0.1) is 6.54 Å². The molecule has 26 heavy (non-hydrogen) atoms. The van der Waals surface area contributed by atoms with Crippen molar-refractivity contribution in [3.63, 3.8) is 0 Å². The van der Waals surface area contributed by atoms with Crippen LogP contribution in [0.2, 0.25) is 0 Å². The Morgan fingerprint density at radius 1 is 1.31 bits per heavy atom. The fourth-order valence-corrected chi connectivity index (χ4v) is 3.34. The summed E-state index contributed by atoms with van der Waals surface area (Å²) in [4.78, 5) is 21.7. The molecule has 0 aliphatic heterocycles. The second-order valence-corrected chi connectivity index (χ2v) is 7.71. The van der Waals surface area contributed by atoms with E-state index in [2.05, 4.69) is 41.9 Å². The molecule has 2 aromatic rings. The second-order valence-electron chi connectivity index (χ2n) is 5.47. The van der Waals surface area contributed by atoms with E-state index in [-0.39, 0.29) is 29.9 Å². The Morgan fingerprint density at radius 2 is 2.08 bits per heavy atom. The molecule has 3 N–H and O–H groups in total. The third-order valence-corrected chi connectivity index (χ3v) is 4.81. The third-order valence-electron chi connectivity index (χ3n) is 3.41. The van der Waals surface area contributed by atoms with Gasteiger partial charge in [0.15, 0.2) is 5.96 Å².